The minimum atomic E-state index is -0.616. The monoisotopic (exact) mass is 331 g/mol. The van der Waals surface area contributed by atoms with Crippen LogP contribution in [0.1, 0.15) is 27.7 Å². The zero-order chi connectivity index (χ0) is 17.0. The molecule has 2 aromatic carbocycles. The molecular weight excluding hydrogens is 310 g/mol. The quantitative estimate of drug-likeness (QED) is 0.882. The van der Waals surface area contributed by atoms with Gasteiger partial charge in [0.25, 0.3) is 5.91 Å². The highest BCUT2D eigenvalue weighted by Crippen LogP contribution is 2.31. The zero-order valence-electron chi connectivity index (χ0n) is 13.9. The van der Waals surface area contributed by atoms with Gasteiger partial charge in [0.05, 0.1) is 5.02 Å². The van der Waals surface area contributed by atoms with E-state index in [1.807, 2.05) is 63.2 Å². The minimum absolute atomic E-state index is 0.166. The smallest absolute Gasteiger partial charge is 0.261 e. The molecule has 0 aliphatic heterocycles. The summed E-state index contributed by atoms with van der Waals surface area (Å²) in [6, 6.07) is 15.5. The number of carbonyl (C=O) groups excluding carboxylic acids is 1. The van der Waals surface area contributed by atoms with Gasteiger partial charge in [-0.25, -0.2) is 0 Å². The Balaban J connectivity index is 2.11. The predicted octanol–water partition coefficient (Wildman–Crippen LogP) is 4.69. The Bertz CT molecular complexity index is 678. The van der Waals surface area contributed by atoms with Gasteiger partial charge >= 0.3 is 0 Å². The number of rotatable bonds is 4. The van der Waals surface area contributed by atoms with Crippen LogP contribution in [0.15, 0.2) is 48.5 Å². The molecule has 3 nitrogen and oxygen atoms in total. The van der Waals surface area contributed by atoms with Crippen molar-refractivity contribution in [3.63, 3.8) is 0 Å². The Kier molecular flexibility index (Phi) is 5.32. The summed E-state index contributed by atoms with van der Waals surface area (Å²) in [5.74, 6) is 0.337. The first-order chi connectivity index (χ1) is 10.8. The molecule has 23 heavy (non-hydrogen) atoms. The van der Waals surface area contributed by atoms with Gasteiger partial charge in [-0.05, 0) is 51.0 Å². The van der Waals surface area contributed by atoms with Crippen molar-refractivity contribution in [1.29, 1.82) is 0 Å². The number of benzene rings is 2. The SMILES string of the molecule is C[C@H](Oc1ccc(-c2ccccc2)cc1Cl)C(=O)NC(C)(C)C. The molecule has 0 aromatic heterocycles. The van der Waals surface area contributed by atoms with Crippen molar-refractivity contribution in [1.82, 2.24) is 5.32 Å². The third kappa shape index (κ3) is 5.00. The number of hydrogen-bond acceptors (Lipinski definition) is 2. The van der Waals surface area contributed by atoms with Crippen LogP contribution in [0.4, 0.5) is 0 Å². The van der Waals surface area contributed by atoms with Crippen LogP contribution < -0.4 is 10.1 Å². The summed E-state index contributed by atoms with van der Waals surface area (Å²) in [4.78, 5) is 12.1. The number of nitrogens with one attached hydrogen (secondary N) is 1. The molecule has 0 radical (unpaired) electrons. The van der Waals surface area contributed by atoms with E-state index in [4.69, 9.17) is 16.3 Å². The number of carbonyl (C=O) groups is 1. The molecule has 0 aliphatic rings. The van der Waals surface area contributed by atoms with Crippen LogP contribution in [0.5, 0.6) is 5.75 Å². The second-order valence-corrected chi connectivity index (χ2v) is 6.92. The fourth-order valence-corrected chi connectivity index (χ4v) is 2.35. The van der Waals surface area contributed by atoms with E-state index < -0.39 is 6.10 Å². The normalized spacial score (nSPS) is 12.6. The third-order valence-electron chi connectivity index (χ3n) is 3.21. The van der Waals surface area contributed by atoms with Gasteiger partial charge in [0.2, 0.25) is 0 Å². The molecule has 1 amide bonds. The summed E-state index contributed by atoms with van der Waals surface area (Å²) < 4.78 is 5.70. The van der Waals surface area contributed by atoms with Crippen LogP contribution in [0, 0.1) is 0 Å². The fourth-order valence-electron chi connectivity index (χ4n) is 2.12. The number of halogens is 1. The van der Waals surface area contributed by atoms with Gasteiger partial charge in [-0.3, -0.25) is 4.79 Å². The summed E-state index contributed by atoms with van der Waals surface area (Å²) in [5.41, 5.74) is 1.80. The van der Waals surface area contributed by atoms with Gasteiger partial charge in [-0.1, -0.05) is 48.0 Å². The van der Waals surface area contributed by atoms with Crippen molar-refractivity contribution in [2.45, 2.75) is 39.3 Å². The van der Waals surface area contributed by atoms with Crippen LogP contribution in [0.2, 0.25) is 5.02 Å². The zero-order valence-corrected chi connectivity index (χ0v) is 14.6. The summed E-state index contributed by atoms with van der Waals surface area (Å²) in [6.45, 7) is 7.50. The van der Waals surface area contributed by atoms with E-state index in [1.54, 1.807) is 13.0 Å². The standard InChI is InChI=1S/C19H22ClNO2/c1-13(18(22)21-19(2,3)4)23-17-11-10-15(12-16(17)20)14-8-6-5-7-9-14/h5-13H,1-4H3,(H,21,22)/t13-/m0/s1. The molecule has 0 fully saturated rings. The van der Waals surface area contributed by atoms with Gasteiger partial charge in [0.1, 0.15) is 5.75 Å². The Labute approximate surface area is 142 Å². The van der Waals surface area contributed by atoms with E-state index in [1.165, 1.54) is 0 Å². The highest BCUT2D eigenvalue weighted by molar-refractivity contribution is 6.32. The molecule has 2 rings (SSSR count). The maximum absolute atomic E-state index is 12.1. The lowest BCUT2D eigenvalue weighted by Gasteiger charge is -2.24. The highest BCUT2D eigenvalue weighted by atomic mass is 35.5. The van der Waals surface area contributed by atoms with E-state index in [2.05, 4.69) is 5.32 Å². The van der Waals surface area contributed by atoms with Crippen LogP contribution in [-0.4, -0.2) is 17.6 Å². The first kappa shape index (κ1) is 17.4. The number of amides is 1. The number of ether oxygens (including phenoxy) is 1. The first-order valence-corrected chi connectivity index (χ1v) is 7.98. The van der Waals surface area contributed by atoms with Crippen molar-refractivity contribution in [3.05, 3.63) is 53.6 Å². The molecule has 1 atom stereocenters. The van der Waals surface area contributed by atoms with Crippen LogP contribution >= 0.6 is 11.6 Å². The summed E-state index contributed by atoms with van der Waals surface area (Å²) in [6.07, 6.45) is -0.616. The molecule has 0 unspecified atom stereocenters. The summed E-state index contributed by atoms with van der Waals surface area (Å²) in [5, 5.41) is 3.38. The molecule has 122 valence electrons. The predicted molar refractivity (Wildman–Crippen MR) is 94.9 cm³/mol. The minimum Gasteiger partial charge on any atom is -0.479 e. The van der Waals surface area contributed by atoms with E-state index in [-0.39, 0.29) is 11.4 Å². The molecule has 0 saturated carbocycles. The second kappa shape index (κ2) is 7.05. The van der Waals surface area contributed by atoms with E-state index in [0.29, 0.717) is 10.8 Å². The largest absolute Gasteiger partial charge is 0.479 e. The van der Waals surface area contributed by atoms with Gasteiger partial charge in [0.15, 0.2) is 6.10 Å². The maximum Gasteiger partial charge on any atom is 0.261 e. The molecule has 0 saturated heterocycles. The Morgan fingerprint density at radius 1 is 1.09 bits per heavy atom. The average Bonchev–Trinajstić information content (AvgIpc) is 2.48. The van der Waals surface area contributed by atoms with Crippen molar-refractivity contribution in [2.75, 3.05) is 0 Å². The topological polar surface area (TPSA) is 38.3 Å². The number of hydrogen-bond donors (Lipinski definition) is 1. The van der Waals surface area contributed by atoms with Crippen molar-refractivity contribution < 1.29 is 9.53 Å². The van der Waals surface area contributed by atoms with Crippen molar-refractivity contribution in [2.24, 2.45) is 0 Å². The second-order valence-electron chi connectivity index (χ2n) is 6.51. The van der Waals surface area contributed by atoms with Crippen LogP contribution in [0.3, 0.4) is 0 Å². The van der Waals surface area contributed by atoms with E-state index in [9.17, 15) is 4.79 Å². The molecule has 1 N–H and O–H groups in total. The summed E-state index contributed by atoms with van der Waals surface area (Å²) >= 11 is 6.30. The molecule has 0 heterocycles. The van der Waals surface area contributed by atoms with Gasteiger partial charge in [0, 0.05) is 5.54 Å². The van der Waals surface area contributed by atoms with E-state index >= 15 is 0 Å². The first-order valence-electron chi connectivity index (χ1n) is 7.60. The lowest BCUT2D eigenvalue weighted by atomic mass is 10.1. The molecule has 0 spiro atoms. The highest BCUT2D eigenvalue weighted by Gasteiger charge is 2.21. The lowest BCUT2D eigenvalue weighted by Crippen LogP contribution is -2.46. The maximum atomic E-state index is 12.1. The van der Waals surface area contributed by atoms with Crippen LogP contribution in [-0.2, 0) is 4.79 Å². The molecule has 2 aromatic rings. The van der Waals surface area contributed by atoms with Crippen molar-refractivity contribution in [3.8, 4) is 16.9 Å². The van der Waals surface area contributed by atoms with Crippen molar-refractivity contribution >= 4 is 17.5 Å². The molecule has 0 bridgehead atoms. The van der Waals surface area contributed by atoms with E-state index in [0.717, 1.165) is 11.1 Å². The average molecular weight is 332 g/mol. The molecule has 4 heteroatoms. The fraction of sp³-hybridized carbons (Fsp3) is 0.316. The summed E-state index contributed by atoms with van der Waals surface area (Å²) in [7, 11) is 0. The van der Waals surface area contributed by atoms with Gasteiger partial charge < -0.3 is 10.1 Å². The molecule has 0 aliphatic carbocycles. The Morgan fingerprint density at radius 3 is 2.30 bits per heavy atom. The lowest BCUT2D eigenvalue weighted by molar-refractivity contribution is -0.128. The van der Waals surface area contributed by atoms with Crippen LogP contribution in [0.25, 0.3) is 11.1 Å². The third-order valence-corrected chi connectivity index (χ3v) is 3.51. The van der Waals surface area contributed by atoms with Gasteiger partial charge in [-0.15, -0.1) is 0 Å². The molecular formula is C19H22ClNO2. The van der Waals surface area contributed by atoms with Gasteiger partial charge in [-0.2, -0.15) is 0 Å². The Morgan fingerprint density at radius 2 is 1.74 bits per heavy atom. The Hall–Kier alpha value is -2.00.